The lowest BCUT2D eigenvalue weighted by Crippen LogP contribution is -2.44. The van der Waals surface area contributed by atoms with E-state index in [1.165, 1.54) is 19.3 Å². The number of fused-ring (bicyclic) bond motifs is 2. The van der Waals surface area contributed by atoms with Gasteiger partial charge in [-0.15, -0.1) is 0 Å². The van der Waals surface area contributed by atoms with Gasteiger partial charge in [-0.3, -0.25) is 0 Å². The van der Waals surface area contributed by atoms with Crippen molar-refractivity contribution in [2.45, 2.75) is 32.2 Å². The molecule has 4 aromatic rings. The summed E-state index contributed by atoms with van der Waals surface area (Å²) in [7, 11) is 4.31. The van der Waals surface area contributed by atoms with Gasteiger partial charge in [0.1, 0.15) is 22.9 Å². The van der Waals surface area contributed by atoms with Crippen LogP contribution >= 0.6 is 11.6 Å². The fraction of sp³-hybridized carbons (Fsp3) is 0.379. The van der Waals surface area contributed by atoms with Crippen molar-refractivity contribution in [1.82, 2.24) is 20.2 Å². The van der Waals surface area contributed by atoms with Gasteiger partial charge in [0, 0.05) is 43.2 Å². The van der Waals surface area contributed by atoms with Crippen LogP contribution in [0.15, 0.2) is 42.5 Å². The number of nitrogens with one attached hydrogen (secondary N) is 1. The Kier molecular flexibility index (Phi) is 7.47. The summed E-state index contributed by atoms with van der Waals surface area (Å²) < 4.78 is 15.9. The first-order chi connectivity index (χ1) is 17.8. The van der Waals surface area contributed by atoms with E-state index < -0.39 is 5.82 Å². The van der Waals surface area contributed by atoms with Crippen LogP contribution in [0.2, 0.25) is 5.02 Å². The van der Waals surface area contributed by atoms with Crippen LogP contribution in [0.3, 0.4) is 0 Å². The van der Waals surface area contributed by atoms with E-state index in [2.05, 4.69) is 39.2 Å². The summed E-state index contributed by atoms with van der Waals surface area (Å²) in [6, 6.07) is 13.4. The van der Waals surface area contributed by atoms with Gasteiger partial charge in [-0.1, -0.05) is 42.3 Å². The van der Waals surface area contributed by atoms with Crippen molar-refractivity contribution in [2.24, 2.45) is 0 Å². The van der Waals surface area contributed by atoms with Gasteiger partial charge in [0.05, 0.1) is 5.02 Å². The first-order valence-electron chi connectivity index (χ1n) is 12.8. The number of aromatic hydroxyl groups is 1. The third kappa shape index (κ3) is 5.21. The van der Waals surface area contributed by atoms with Crippen molar-refractivity contribution in [3.05, 3.63) is 59.1 Å². The van der Waals surface area contributed by atoms with Crippen LogP contribution < -0.4 is 10.2 Å². The molecule has 1 aliphatic heterocycles. The van der Waals surface area contributed by atoms with E-state index in [9.17, 15) is 5.11 Å². The molecule has 1 saturated heterocycles. The molecule has 2 fully saturated rings. The molecule has 0 amide bonds. The summed E-state index contributed by atoms with van der Waals surface area (Å²) in [5.41, 5.74) is 1.01. The van der Waals surface area contributed by atoms with Crippen molar-refractivity contribution in [3.63, 3.8) is 0 Å². The Labute approximate surface area is 222 Å². The smallest absolute Gasteiger partial charge is 0.158 e. The topological polar surface area (TPSA) is 64.5 Å². The van der Waals surface area contributed by atoms with Crippen LogP contribution in [-0.4, -0.2) is 66.3 Å². The Balaban J connectivity index is 0.000000348. The molecule has 6 rings (SSSR count). The highest BCUT2D eigenvalue weighted by atomic mass is 35.5. The minimum atomic E-state index is -0.505. The number of rotatable bonds is 3. The van der Waals surface area contributed by atoms with Gasteiger partial charge < -0.3 is 20.2 Å². The van der Waals surface area contributed by atoms with Crippen LogP contribution in [0.5, 0.6) is 5.75 Å². The number of phenolic OH excluding ortho intramolecular Hbond substituents is 1. The molecular weight excluding hydrogens is 489 g/mol. The Bertz CT molecular complexity index is 1430. The molecule has 37 heavy (non-hydrogen) atoms. The fourth-order valence-electron chi connectivity index (χ4n) is 5.06. The minimum Gasteiger partial charge on any atom is -0.508 e. The van der Waals surface area contributed by atoms with E-state index in [0.717, 1.165) is 43.0 Å². The number of halogens is 2. The molecular formula is C29H33ClFN5O. The third-order valence-electron chi connectivity index (χ3n) is 7.31. The lowest BCUT2D eigenvalue weighted by Gasteiger charge is -2.31. The molecule has 194 valence electrons. The predicted molar refractivity (Wildman–Crippen MR) is 150 cm³/mol. The molecule has 2 aliphatic rings. The van der Waals surface area contributed by atoms with E-state index in [1.54, 1.807) is 25.1 Å². The van der Waals surface area contributed by atoms with Crippen LogP contribution in [0.4, 0.5) is 10.2 Å². The molecule has 1 aliphatic carbocycles. The number of nitrogens with zero attached hydrogens (tertiary/aromatic N) is 4. The summed E-state index contributed by atoms with van der Waals surface area (Å²) in [5, 5.41) is 16.0. The highest BCUT2D eigenvalue weighted by Crippen LogP contribution is 2.41. The largest absolute Gasteiger partial charge is 0.508 e. The molecule has 8 heteroatoms. The third-order valence-corrected chi connectivity index (χ3v) is 7.61. The fourth-order valence-corrected chi connectivity index (χ4v) is 5.35. The minimum absolute atomic E-state index is 0.0552. The highest BCUT2D eigenvalue weighted by Gasteiger charge is 2.23. The van der Waals surface area contributed by atoms with Crippen LogP contribution in [0.25, 0.3) is 32.8 Å². The number of benzene rings is 3. The zero-order valence-corrected chi connectivity index (χ0v) is 22.3. The molecule has 0 bridgehead atoms. The van der Waals surface area contributed by atoms with Crippen LogP contribution in [0, 0.1) is 12.7 Å². The number of aromatic nitrogens is 2. The summed E-state index contributed by atoms with van der Waals surface area (Å²) in [4.78, 5) is 13.4. The van der Waals surface area contributed by atoms with Gasteiger partial charge in [0.15, 0.2) is 5.82 Å². The highest BCUT2D eigenvalue weighted by molar-refractivity contribution is 6.35. The van der Waals surface area contributed by atoms with Gasteiger partial charge in [-0.2, -0.15) is 0 Å². The maximum atomic E-state index is 15.9. The van der Waals surface area contributed by atoms with E-state index in [0.29, 0.717) is 22.6 Å². The van der Waals surface area contributed by atoms with Gasteiger partial charge in [0.25, 0.3) is 0 Å². The molecule has 0 spiro atoms. The van der Waals surface area contributed by atoms with Gasteiger partial charge >= 0.3 is 0 Å². The lowest BCUT2D eigenvalue weighted by molar-refractivity contribution is 0.193. The van der Waals surface area contributed by atoms with Gasteiger partial charge in [0.2, 0.25) is 0 Å². The number of hydrogen-bond donors (Lipinski definition) is 2. The Hall–Kier alpha value is -3.00. The first kappa shape index (κ1) is 25.6. The number of anilines is 1. The lowest BCUT2D eigenvalue weighted by atomic mass is 9.92. The van der Waals surface area contributed by atoms with Gasteiger partial charge in [-0.25, -0.2) is 14.4 Å². The second-order valence-electron chi connectivity index (χ2n) is 10.0. The van der Waals surface area contributed by atoms with E-state index in [4.69, 9.17) is 11.6 Å². The molecule has 2 N–H and O–H groups in total. The SMILES string of the molecule is CN(C)C1CCC1.Cc1nc(N2CCNCC2)c2cc(Cl)c(-c3cc(O)cc4ccccc34)c(F)c2n1. The van der Waals surface area contributed by atoms with E-state index >= 15 is 4.39 Å². The standard InChI is InChI=1S/C23H20ClFN4O.C6H13N/c1-13-27-22-18(23(28-13)29-8-6-26-7-9-29)12-19(24)20(21(22)25)17-11-15(30)10-14-4-2-3-5-16(14)17;1-7(2)6-4-3-5-6/h2-5,10-12,26,30H,6-9H2,1H3;6H,3-5H2,1-2H3. The molecule has 3 aromatic carbocycles. The zero-order valence-electron chi connectivity index (χ0n) is 21.6. The van der Waals surface area contributed by atoms with E-state index in [-0.39, 0.29) is 21.9 Å². The number of aryl methyl sites for hydroxylation is 1. The maximum absolute atomic E-state index is 15.9. The Morgan fingerprint density at radius 1 is 1.05 bits per heavy atom. The van der Waals surface area contributed by atoms with Crippen molar-refractivity contribution in [3.8, 4) is 16.9 Å². The molecule has 2 heterocycles. The molecule has 0 radical (unpaired) electrons. The average molecular weight is 522 g/mol. The average Bonchev–Trinajstić information content (AvgIpc) is 2.84. The van der Waals surface area contributed by atoms with E-state index in [1.807, 2.05) is 24.3 Å². The summed E-state index contributed by atoms with van der Waals surface area (Å²) in [6.07, 6.45) is 4.29. The molecule has 1 saturated carbocycles. The van der Waals surface area contributed by atoms with Crippen LogP contribution in [0.1, 0.15) is 25.1 Å². The first-order valence-corrected chi connectivity index (χ1v) is 13.2. The summed E-state index contributed by atoms with van der Waals surface area (Å²) in [5.74, 6) is 0.755. The van der Waals surface area contributed by atoms with Crippen molar-refractivity contribution < 1.29 is 9.50 Å². The zero-order chi connectivity index (χ0) is 26.1. The quantitative estimate of drug-likeness (QED) is 0.357. The Morgan fingerprint density at radius 2 is 1.78 bits per heavy atom. The van der Waals surface area contributed by atoms with Crippen molar-refractivity contribution >= 4 is 39.1 Å². The molecule has 1 aromatic heterocycles. The maximum Gasteiger partial charge on any atom is 0.158 e. The monoisotopic (exact) mass is 521 g/mol. The summed E-state index contributed by atoms with van der Waals surface area (Å²) in [6.45, 7) is 5.01. The second kappa shape index (κ2) is 10.8. The Morgan fingerprint density at radius 3 is 2.43 bits per heavy atom. The van der Waals surface area contributed by atoms with Gasteiger partial charge in [-0.05, 0) is 68.4 Å². The molecule has 0 unspecified atom stereocenters. The summed E-state index contributed by atoms with van der Waals surface area (Å²) >= 11 is 6.64. The van der Waals surface area contributed by atoms with Crippen molar-refractivity contribution in [2.75, 3.05) is 45.2 Å². The predicted octanol–water partition coefficient (Wildman–Crippen LogP) is 5.77. The number of piperazine rings is 1. The number of phenols is 1. The molecule has 6 nitrogen and oxygen atoms in total. The normalized spacial score (nSPS) is 16.1. The van der Waals surface area contributed by atoms with Crippen molar-refractivity contribution in [1.29, 1.82) is 0 Å². The molecule has 0 atom stereocenters. The second-order valence-corrected chi connectivity index (χ2v) is 10.4. The number of hydrogen-bond acceptors (Lipinski definition) is 6. The van der Waals surface area contributed by atoms with Crippen LogP contribution in [-0.2, 0) is 0 Å².